The maximum Gasteiger partial charge on any atom is 0.410 e. The zero-order valence-electron chi connectivity index (χ0n) is 16.8. The number of likely N-dealkylation sites (tertiary alicyclic amines) is 1. The van der Waals surface area contributed by atoms with Crippen molar-refractivity contribution < 1.29 is 23.9 Å². The van der Waals surface area contributed by atoms with Crippen LogP contribution in [0.5, 0.6) is 0 Å². The van der Waals surface area contributed by atoms with Crippen LogP contribution in [0.4, 0.5) is 9.59 Å². The van der Waals surface area contributed by atoms with Gasteiger partial charge >= 0.3 is 12.2 Å². The number of amides is 2. The van der Waals surface area contributed by atoms with Gasteiger partial charge in [-0.3, -0.25) is 0 Å². The Bertz CT molecular complexity index is 649. The Hall–Kier alpha value is -2.57. The molecule has 0 bridgehead atoms. The number of carbonyl (C=O) groups is 3. The van der Waals surface area contributed by atoms with Gasteiger partial charge in [0.2, 0.25) is 0 Å². The molecule has 1 heterocycles. The highest BCUT2D eigenvalue weighted by atomic mass is 16.6. The zero-order valence-corrected chi connectivity index (χ0v) is 16.8. The fourth-order valence-electron chi connectivity index (χ4n) is 3.10. The normalized spacial score (nSPS) is 16.2. The Morgan fingerprint density at radius 3 is 2.43 bits per heavy atom. The van der Waals surface area contributed by atoms with Crippen LogP contribution in [0.25, 0.3) is 0 Å². The Labute approximate surface area is 166 Å². The SMILES string of the molecule is CC(C)(C)OC(=O)N1CCC(C[C@@H](C=O)NC(=O)OCc2ccccc2)CC1. The molecule has 0 spiro atoms. The molecule has 2 amide bonds. The quantitative estimate of drug-likeness (QED) is 0.751. The second kappa shape index (κ2) is 10.1. The molecule has 28 heavy (non-hydrogen) atoms. The summed E-state index contributed by atoms with van der Waals surface area (Å²) in [6.45, 7) is 6.86. The van der Waals surface area contributed by atoms with Crippen molar-refractivity contribution in [1.82, 2.24) is 10.2 Å². The number of alkyl carbamates (subject to hydrolysis) is 1. The van der Waals surface area contributed by atoms with Crippen molar-refractivity contribution in [2.75, 3.05) is 13.1 Å². The molecule has 0 aliphatic carbocycles. The maximum atomic E-state index is 12.1. The van der Waals surface area contributed by atoms with E-state index in [0.717, 1.165) is 24.7 Å². The molecule has 1 saturated heterocycles. The van der Waals surface area contributed by atoms with Crippen LogP contribution < -0.4 is 5.32 Å². The lowest BCUT2D eigenvalue weighted by molar-refractivity contribution is -0.110. The van der Waals surface area contributed by atoms with Gasteiger partial charge in [0.05, 0.1) is 6.04 Å². The predicted octanol–water partition coefficient (Wildman–Crippen LogP) is 3.52. The van der Waals surface area contributed by atoms with Crippen LogP contribution in [-0.2, 0) is 20.9 Å². The third kappa shape index (κ3) is 7.58. The van der Waals surface area contributed by atoms with Crippen LogP contribution in [0.3, 0.4) is 0 Å². The number of ether oxygens (including phenoxy) is 2. The van der Waals surface area contributed by atoms with Crippen LogP contribution in [0.15, 0.2) is 30.3 Å². The van der Waals surface area contributed by atoms with Crippen LogP contribution in [-0.4, -0.2) is 48.1 Å². The molecule has 0 saturated carbocycles. The first kappa shape index (κ1) is 21.7. The van der Waals surface area contributed by atoms with Gasteiger partial charge in [0.1, 0.15) is 18.5 Å². The lowest BCUT2D eigenvalue weighted by Gasteiger charge is -2.34. The fraction of sp³-hybridized carbons (Fsp3) is 0.571. The van der Waals surface area contributed by atoms with Crippen molar-refractivity contribution in [2.45, 2.75) is 58.3 Å². The average Bonchev–Trinajstić information content (AvgIpc) is 2.66. The number of nitrogens with one attached hydrogen (secondary N) is 1. The van der Waals surface area contributed by atoms with Crippen LogP contribution in [0.1, 0.15) is 45.6 Å². The van der Waals surface area contributed by atoms with Crippen molar-refractivity contribution >= 4 is 18.5 Å². The number of carbonyl (C=O) groups excluding carboxylic acids is 3. The number of hydrogen-bond donors (Lipinski definition) is 1. The number of piperidine rings is 1. The molecule has 0 unspecified atom stereocenters. The summed E-state index contributed by atoms with van der Waals surface area (Å²) < 4.78 is 10.6. The molecule has 1 fully saturated rings. The molecule has 1 aliphatic rings. The summed E-state index contributed by atoms with van der Waals surface area (Å²) in [5, 5.41) is 2.61. The minimum Gasteiger partial charge on any atom is -0.445 e. The van der Waals surface area contributed by atoms with E-state index >= 15 is 0 Å². The number of benzene rings is 1. The minimum atomic E-state index is -0.604. The van der Waals surface area contributed by atoms with E-state index in [1.807, 2.05) is 51.1 Å². The van der Waals surface area contributed by atoms with Crippen molar-refractivity contribution in [2.24, 2.45) is 5.92 Å². The topological polar surface area (TPSA) is 84.9 Å². The summed E-state index contributed by atoms with van der Waals surface area (Å²) in [7, 11) is 0. The highest BCUT2D eigenvalue weighted by Gasteiger charge is 2.28. The van der Waals surface area contributed by atoms with E-state index in [9.17, 15) is 14.4 Å². The molecule has 1 aromatic carbocycles. The zero-order chi connectivity index (χ0) is 20.6. The van der Waals surface area contributed by atoms with Gasteiger partial charge in [-0.1, -0.05) is 30.3 Å². The average molecular weight is 390 g/mol. The van der Waals surface area contributed by atoms with E-state index in [1.165, 1.54) is 0 Å². The van der Waals surface area contributed by atoms with Crippen molar-refractivity contribution in [3.8, 4) is 0 Å². The second-order valence-corrected chi connectivity index (χ2v) is 8.10. The molecule has 1 N–H and O–H groups in total. The summed E-state index contributed by atoms with van der Waals surface area (Å²) in [5.74, 6) is 0.253. The summed E-state index contributed by atoms with van der Waals surface area (Å²) in [5.41, 5.74) is 0.371. The first-order valence-electron chi connectivity index (χ1n) is 9.67. The molecule has 1 aromatic rings. The summed E-state index contributed by atoms with van der Waals surface area (Å²) >= 11 is 0. The van der Waals surface area contributed by atoms with Gasteiger partial charge in [-0.2, -0.15) is 0 Å². The molecular weight excluding hydrogens is 360 g/mol. The molecule has 7 nitrogen and oxygen atoms in total. The molecule has 1 aliphatic heterocycles. The monoisotopic (exact) mass is 390 g/mol. The number of hydrogen-bond acceptors (Lipinski definition) is 5. The van der Waals surface area contributed by atoms with E-state index in [-0.39, 0.29) is 18.6 Å². The van der Waals surface area contributed by atoms with Gasteiger partial charge < -0.3 is 24.5 Å². The standard InChI is InChI=1S/C21H30N2O5/c1-21(2,3)28-20(26)23-11-9-16(10-12-23)13-18(14-24)22-19(25)27-15-17-7-5-4-6-8-17/h4-8,14,16,18H,9-13,15H2,1-3H3,(H,22,25)/t18-/m0/s1. The van der Waals surface area contributed by atoms with E-state index in [4.69, 9.17) is 9.47 Å². The van der Waals surface area contributed by atoms with E-state index in [0.29, 0.717) is 19.5 Å². The third-order valence-electron chi connectivity index (χ3n) is 4.53. The maximum absolute atomic E-state index is 12.1. The van der Waals surface area contributed by atoms with Gasteiger partial charge in [-0.15, -0.1) is 0 Å². The van der Waals surface area contributed by atoms with E-state index in [2.05, 4.69) is 5.32 Å². The van der Waals surface area contributed by atoms with Crippen LogP contribution in [0, 0.1) is 5.92 Å². The Kier molecular flexibility index (Phi) is 7.84. The van der Waals surface area contributed by atoms with Crippen LogP contribution in [0.2, 0.25) is 0 Å². The fourth-order valence-corrected chi connectivity index (χ4v) is 3.10. The van der Waals surface area contributed by atoms with E-state index < -0.39 is 17.7 Å². The molecule has 7 heteroatoms. The summed E-state index contributed by atoms with van der Waals surface area (Å²) in [4.78, 5) is 37.1. The summed E-state index contributed by atoms with van der Waals surface area (Å²) in [6, 6.07) is 8.76. The largest absolute Gasteiger partial charge is 0.445 e. The summed E-state index contributed by atoms with van der Waals surface area (Å²) in [6.07, 6.45) is 1.90. The molecular formula is C21H30N2O5. The predicted molar refractivity (Wildman–Crippen MR) is 105 cm³/mol. The Balaban J connectivity index is 1.72. The van der Waals surface area contributed by atoms with E-state index in [1.54, 1.807) is 4.90 Å². The smallest absolute Gasteiger partial charge is 0.410 e. The lowest BCUT2D eigenvalue weighted by atomic mass is 9.90. The highest BCUT2D eigenvalue weighted by Crippen LogP contribution is 2.23. The molecule has 0 radical (unpaired) electrons. The van der Waals surface area contributed by atoms with Crippen LogP contribution >= 0.6 is 0 Å². The van der Waals surface area contributed by atoms with Crippen molar-refractivity contribution in [3.05, 3.63) is 35.9 Å². The van der Waals surface area contributed by atoms with Gasteiger partial charge in [-0.05, 0) is 51.5 Å². The van der Waals surface area contributed by atoms with Gasteiger partial charge in [0, 0.05) is 13.1 Å². The van der Waals surface area contributed by atoms with Crippen molar-refractivity contribution in [1.29, 1.82) is 0 Å². The lowest BCUT2D eigenvalue weighted by Crippen LogP contribution is -2.43. The van der Waals surface area contributed by atoms with Gasteiger partial charge in [-0.25, -0.2) is 9.59 Å². The number of rotatable bonds is 6. The second-order valence-electron chi connectivity index (χ2n) is 8.10. The first-order valence-corrected chi connectivity index (χ1v) is 9.67. The van der Waals surface area contributed by atoms with Crippen molar-refractivity contribution in [3.63, 3.8) is 0 Å². The third-order valence-corrected chi connectivity index (χ3v) is 4.53. The molecule has 1 atom stereocenters. The number of aldehydes is 1. The highest BCUT2D eigenvalue weighted by molar-refractivity contribution is 5.73. The molecule has 154 valence electrons. The Morgan fingerprint density at radius 2 is 1.86 bits per heavy atom. The first-order chi connectivity index (χ1) is 13.3. The molecule has 2 rings (SSSR count). The van der Waals surface area contributed by atoms with Gasteiger partial charge in [0.25, 0.3) is 0 Å². The minimum absolute atomic E-state index is 0.159. The Morgan fingerprint density at radius 1 is 1.21 bits per heavy atom. The van der Waals surface area contributed by atoms with Gasteiger partial charge in [0.15, 0.2) is 0 Å². The molecule has 0 aromatic heterocycles. The number of nitrogens with zero attached hydrogens (tertiary/aromatic N) is 1.